The van der Waals surface area contributed by atoms with Crippen molar-refractivity contribution in [3.8, 4) is 0 Å². The first kappa shape index (κ1) is 11.0. The Balaban J connectivity index is 2.50. The normalized spacial score (nSPS) is 10.5. The number of likely N-dealkylation sites (N-methyl/N-ethyl adjacent to an activating group) is 1. The van der Waals surface area contributed by atoms with Crippen LogP contribution in [0.5, 0.6) is 0 Å². The van der Waals surface area contributed by atoms with Gasteiger partial charge in [-0.25, -0.2) is 4.79 Å². The lowest BCUT2D eigenvalue weighted by Gasteiger charge is -2.12. The van der Waals surface area contributed by atoms with Gasteiger partial charge in [0.05, 0.1) is 12.8 Å². The molecule has 1 amide bonds. The van der Waals surface area contributed by atoms with E-state index in [1.54, 1.807) is 19.2 Å². The lowest BCUT2D eigenvalue weighted by molar-refractivity contribution is -0.132. The molecule has 0 aliphatic carbocycles. The SMILES string of the molecule is CN(Cc1ccco1)C(=O)/C=C/C(=O)O. The first-order valence-electron chi connectivity index (χ1n) is 4.28. The van der Waals surface area contributed by atoms with Gasteiger partial charge in [0, 0.05) is 19.2 Å². The minimum absolute atomic E-state index is 0.315. The summed E-state index contributed by atoms with van der Waals surface area (Å²) in [4.78, 5) is 22.8. The Labute approximate surface area is 86.6 Å². The van der Waals surface area contributed by atoms with E-state index >= 15 is 0 Å². The lowest BCUT2D eigenvalue weighted by atomic mass is 10.4. The number of hydrogen-bond acceptors (Lipinski definition) is 3. The fourth-order valence-electron chi connectivity index (χ4n) is 0.984. The van der Waals surface area contributed by atoms with Crippen LogP contribution in [-0.4, -0.2) is 28.9 Å². The number of amides is 1. The predicted octanol–water partition coefficient (Wildman–Crippen LogP) is 0.879. The van der Waals surface area contributed by atoms with Crippen molar-refractivity contribution in [2.24, 2.45) is 0 Å². The monoisotopic (exact) mass is 209 g/mol. The first-order chi connectivity index (χ1) is 7.09. The number of rotatable bonds is 4. The second-order valence-corrected chi connectivity index (χ2v) is 2.95. The molecule has 0 spiro atoms. The Morgan fingerprint density at radius 2 is 2.27 bits per heavy atom. The highest BCUT2D eigenvalue weighted by molar-refractivity contribution is 5.93. The van der Waals surface area contributed by atoms with Crippen molar-refractivity contribution in [1.82, 2.24) is 4.90 Å². The summed E-state index contributed by atoms with van der Waals surface area (Å²) in [6, 6.07) is 3.46. The Hall–Kier alpha value is -2.04. The second-order valence-electron chi connectivity index (χ2n) is 2.95. The number of carbonyl (C=O) groups is 2. The molecule has 80 valence electrons. The van der Waals surface area contributed by atoms with Crippen molar-refractivity contribution in [2.45, 2.75) is 6.54 Å². The fourth-order valence-corrected chi connectivity index (χ4v) is 0.984. The first-order valence-corrected chi connectivity index (χ1v) is 4.28. The highest BCUT2D eigenvalue weighted by atomic mass is 16.4. The molecule has 5 heteroatoms. The molecule has 5 nitrogen and oxygen atoms in total. The van der Waals surface area contributed by atoms with Crippen molar-refractivity contribution in [1.29, 1.82) is 0 Å². The summed E-state index contributed by atoms with van der Waals surface area (Å²) in [6.07, 6.45) is 3.33. The molecule has 0 radical (unpaired) electrons. The summed E-state index contributed by atoms with van der Waals surface area (Å²) in [6.45, 7) is 0.315. The van der Waals surface area contributed by atoms with Gasteiger partial charge >= 0.3 is 5.97 Å². The van der Waals surface area contributed by atoms with Crippen molar-refractivity contribution in [3.63, 3.8) is 0 Å². The van der Waals surface area contributed by atoms with E-state index in [2.05, 4.69) is 0 Å². The molecule has 1 heterocycles. The van der Waals surface area contributed by atoms with Gasteiger partial charge in [0.15, 0.2) is 0 Å². The van der Waals surface area contributed by atoms with E-state index in [1.165, 1.54) is 11.2 Å². The average Bonchev–Trinajstić information content (AvgIpc) is 2.66. The largest absolute Gasteiger partial charge is 0.478 e. The second kappa shape index (κ2) is 4.99. The van der Waals surface area contributed by atoms with Gasteiger partial charge in [0.25, 0.3) is 0 Å². The zero-order valence-electron chi connectivity index (χ0n) is 8.21. The smallest absolute Gasteiger partial charge is 0.328 e. The molecule has 0 bridgehead atoms. The average molecular weight is 209 g/mol. The van der Waals surface area contributed by atoms with E-state index in [1.807, 2.05) is 0 Å². The third-order valence-electron chi connectivity index (χ3n) is 1.72. The predicted molar refractivity (Wildman–Crippen MR) is 52.0 cm³/mol. The van der Waals surface area contributed by atoms with E-state index < -0.39 is 5.97 Å². The molecule has 15 heavy (non-hydrogen) atoms. The molecule has 0 unspecified atom stereocenters. The number of carbonyl (C=O) groups excluding carboxylic acids is 1. The standard InChI is InChI=1S/C10H11NO4/c1-11(7-8-3-2-6-15-8)9(12)4-5-10(13)14/h2-6H,7H2,1H3,(H,13,14)/b5-4+. The molecule has 0 fully saturated rings. The zero-order valence-corrected chi connectivity index (χ0v) is 8.21. The minimum atomic E-state index is -1.14. The number of carboxylic acid groups (broad SMARTS) is 1. The van der Waals surface area contributed by atoms with Crippen LogP contribution in [0.2, 0.25) is 0 Å². The summed E-state index contributed by atoms with van der Waals surface area (Å²) >= 11 is 0. The Bertz CT molecular complexity index is 367. The number of aliphatic carboxylic acids is 1. The van der Waals surface area contributed by atoms with Crippen molar-refractivity contribution < 1.29 is 19.1 Å². The maximum Gasteiger partial charge on any atom is 0.328 e. The van der Waals surface area contributed by atoms with Crippen LogP contribution in [0.15, 0.2) is 35.0 Å². The van der Waals surface area contributed by atoms with Crippen LogP contribution in [-0.2, 0) is 16.1 Å². The molecule has 0 saturated heterocycles. The maximum absolute atomic E-state index is 11.3. The topological polar surface area (TPSA) is 70.8 Å². The number of furan rings is 1. The Morgan fingerprint density at radius 3 is 2.80 bits per heavy atom. The lowest BCUT2D eigenvalue weighted by Crippen LogP contribution is -2.24. The van der Waals surface area contributed by atoms with Crippen LogP contribution < -0.4 is 0 Å². The van der Waals surface area contributed by atoms with Crippen molar-refractivity contribution in [2.75, 3.05) is 7.05 Å². The molecule has 0 aliphatic rings. The van der Waals surface area contributed by atoms with Crippen LogP contribution in [0.3, 0.4) is 0 Å². The van der Waals surface area contributed by atoms with Gasteiger partial charge in [-0.3, -0.25) is 4.79 Å². The van der Waals surface area contributed by atoms with Crippen LogP contribution in [0, 0.1) is 0 Å². The van der Waals surface area contributed by atoms with E-state index in [4.69, 9.17) is 9.52 Å². The molecule has 1 aromatic heterocycles. The molecular formula is C10H11NO4. The molecular weight excluding hydrogens is 198 g/mol. The summed E-state index contributed by atoms with van der Waals surface area (Å²) in [7, 11) is 1.57. The third kappa shape index (κ3) is 3.68. The highest BCUT2D eigenvalue weighted by Gasteiger charge is 2.07. The van der Waals surface area contributed by atoms with E-state index in [-0.39, 0.29) is 5.91 Å². The summed E-state index contributed by atoms with van der Waals surface area (Å²) < 4.78 is 5.05. The molecule has 1 rings (SSSR count). The van der Waals surface area contributed by atoms with Crippen LogP contribution in [0.1, 0.15) is 5.76 Å². The summed E-state index contributed by atoms with van der Waals surface area (Å²) in [5, 5.41) is 8.32. The van der Waals surface area contributed by atoms with Crippen molar-refractivity contribution >= 4 is 11.9 Å². The number of nitrogens with zero attached hydrogens (tertiary/aromatic N) is 1. The van der Waals surface area contributed by atoms with Gasteiger partial charge in [0.2, 0.25) is 5.91 Å². The zero-order chi connectivity index (χ0) is 11.3. The highest BCUT2D eigenvalue weighted by Crippen LogP contribution is 2.03. The van der Waals surface area contributed by atoms with Gasteiger partial charge in [-0.1, -0.05) is 0 Å². The Kier molecular flexibility index (Phi) is 3.68. The van der Waals surface area contributed by atoms with Gasteiger partial charge in [0.1, 0.15) is 5.76 Å². The number of hydrogen-bond donors (Lipinski definition) is 1. The third-order valence-corrected chi connectivity index (χ3v) is 1.72. The van der Waals surface area contributed by atoms with E-state index in [0.717, 1.165) is 12.2 Å². The van der Waals surface area contributed by atoms with Crippen LogP contribution in [0.25, 0.3) is 0 Å². The van der Waals surface area contributed by atoms with Gasteiger partial charge in [-0.15, -0.1) is 0 Å². The van der Waals surface area contributed by atoms with Crippen LogP contribution >= 0.6 is 0 Å². The van der Waals surface area contributed by atoms with Crippen molar-refractivity contribution in [3.05, 3.63) is 36.3 Å². The fraction of sp³-hybridized carbons (Fsp3) is 0.200. The Morgan fingerprint density at radius 1 is 1.53 bits per heavy atom. The van der Waals surface area contributed by atoms with E-state index in [0.29, 0.717) is 12.3 Å². The summed E-state index contributed by atoms with van der Waals surface area (Å²) in [5.74, 6) is -0.877. The minimum Gasteiger partial charge on any atom is -0.478 e. The van der Waals surface area contributed by atoms with Gasteiger partial charge < -0.3 is 14.4 Å². The van der Waals surface area contributed by atoms with E-state index in [9.17, 15) is 9.59 Å². The van der Waals surface area contributed by atoms with Crippen LogP contribution in [0.4, 0.5) is 0 Å². The molecule has 0 atom stereocenters. The molecule has 1 N–H and O–H groups in total. The molecule has 0 aromatic carbocycles. The molecule has 1 aromatic rings. The van der Waals surface area contributed by atoms with Gasteiger partial charge in [-0.2, -0.15) is 0 Å². The quantitative estimate of drug-likeness (QED) is 0.747. The summed E-state index contributed by atoms with van der Waals surface area (Å²) in [5.41, 5.74) is 0. The molecule has 0 saturated carbocycles. The number of carboxylic acids is 1. The maximum atomic E-state index is 11.3. The van der Waals surface area contributed by atoms with Gasteiger partial charge in [-0.05, 0) is 12.1 Å². The molecule has 0 aliphatic heterocycles.